The van der Waals surface area contributed by atoms with Gasteiger partial charge in [0.2, 0.25) is 0 Å². The maximum atomic E-state index is 12.4. The summed E-state index contributed by atoms with van der Waals surface area (Å²) in [5.41, 5.74) is -5.22. The van der Waals surface area contributed by atoms with Crippen molar-refractivity contribution in [3.8, 4) is 11.3 Å². The minimum Gasteiger partial charge on any atom is -0.275 e. The molecule has 0 amide bonds. The third kappa shape index (κ3) is 3.30. The van der Waals surface area contributed by atoms with Crippen LogP contribution in [-0.4, -0.2) is 23.7 Å². The molecule has 1 aromatic carbocycles. The van der Waals surface area contributed by atoms with E-state index in [0.29, 0.717) is 5.69 Å². The number of aromatic nitrogens is 2. The molecular weight excluding hydrogens is 331 g/mol. The van der Waals surface area contributed by atoms with Crippen LogP contribution in [0.1, 0.15) is 0 Å². The van der Waals surface area contributed by atoms with Crippen molar-refractivity contribution < 1.29 is 21.6 Å². The molecule has 0 aliphatic carbocycles. The highest BCUT2D eigenvalue weighted by atomic mass is 35.5. The zero-order valence-corrected chi connectivity index (χ0v) is 12.1. The maximum Gasteiger partial charge on any atom is 0.516 e. The molecule has 0 bridgehead atoms. The minimum absolute atomic E-state index is 0.149. The van der Waals surface area contributed by atoms with Gasteiger partial charge in [0.1, 0.15) is 0 Å². The summed E-state index contributed by atoms with van der Waals surface area (Å²) < 4.78 is 62.7. The second-order valence-corrected chi connectivity index (χ2v) is 6.23. The Morgan fingerprint density at radius 1 is 1.29 bits per heavy atom. The monoisotopic (exact) mass is 339 g/mol. The van der Waals surface area contributed by atoms with Gasteiger partial charge in [0, 0.05) is 23.8 Å². The first kappa shape index (κ1) is 15.6. The predicted molar refractivity (Wildman–Crippen MR) is 72.3 cm³/mol. The van der Waals surface area contributed by atoms with Crippen LogP contribution < -0.4 is 4.72 Å². The van der Waals surface area contributed by atoms with E-state index in [2.05, 4.69) is 5.10 Å². The highest BCUT2D eigenvalue weighted by Gasteiger charge is 2.46. The van der Waals surface area contributed by atoms with Gasteiger partial charge in [0.05, 0.1) is 11.4 Å². The fourth-order valence-corrected chi connectivity index (χ4v) is 2.33. The van der Waals surface area contributed by atoms with Gasteiger partial charge in [0.25, 0.3) is 0 Å². The van der Waals surface area contributed by atoms with E-state index in [0.717, 1.165) is 6.07 Å². The van der Waals surface area contributed by atoms with Crippen molar-refractivity contribution in [2.24, 2.45) is 7.05 Å². The number of hydrogen-bond donors (Lipinski definition) is 1. The van der Waals surface area contributed by atoms with Crippen LogP contribution in [-0.2, 0) is 17.1 Å². The van der Waals surface area contributed by atoms with E-state index in [9.17, 15) is 21.6 Å². The number of nitrogens with one attached hydrogen (secondary N) is 1. The summed E-state index contributed by atoms with van der Waals surface area (Å²) in [7, 11) is -3.90. The molecule has 0 saturated heterocycles. The Morgan fingerprint density at radius 2 is 1.95 bits per heavy atom. The molecule has 0 spiro atoms. The number of rotatable bonds is 3. The van der Waals surface area contributed by atoms with Gasteiger partial charge in [-0.3, -0.25) is 9.40 Å². The molecule has 0 atom stereocenters. The molecular formula is C11H9ClF3N3O2S. The van der Waals surface area contributed by atoms with E-state index in [-0.39, 0.29) is 16.3 Å². The molecule has 10 heteroatoms. The molecule has 21 heavy (non-hydrogen) atoms. The summed E-state index contributed by atoms with van der Waals surface area (Å²) in [4.78, 5) is 0. The van der Waals surface area contributed by atoms with E-state index in [1.54, 1.807) is 13.2 Å². The number of nitrogens with zero attached hydrogens (tertiary/aromatic N) is 2. The summed E-state index contributed by atoms with van der Waals surface area (Å²) in [5.74, 6) is 0. The van der Waals surface area contributed by atoms with Crippen molar-refractivity contribution in [3.05, 3.63) is 35.5 Å². The second-order valence-electron chi connectivity index (χ2n) is 4.12. The lowest BCUT2D eigenvalue weighted by Gasteiger charge is -2.13. The van der Waals surface area contributed by atoms with Crippen molar-refractivity contribution >= 4 is 27.3 Å². The van der Waals surface area contributed by atoms with Crippen LogP contribution in [0.4, 0.5) is 18.9 Å². The van der Waals surface area contributed by atoms with Crippen LogP contribution >= 0.6 is 11.6 Å². The van der Waals surface area contributed by atoms with Gasteiger partial charge in [-0.05, 0) is 24.3 Å². The molecule has 114 valence electrons. The lowest BCUT2D eigenvalue weighted by atomic mass is 10.1. The molecule has 0 aliphatic heterocycles. The van der Waals surface area contributed by atoms with E-state index >= 15 is 0 Å². The Bertz CT molecular complexity index is 771. The summed E-state index contributed by atoms with van der Waals surface area (Å²) in [6.07, 6.45) is 1.57. The fourth-order valence-electron chi connectivity index (χ4n) is 1.58. The van der Waals surface area contributed by atoms with Gasteiger partial charge in [-0.1, -0.05) is 11.6 Å². The smallest absolute Gasteiger partial charge is 0.275 e. The average molecular weight is 340 g/mol. The number of sulfonamides is 1. The van der Waals surface area contributed by atoms with Crippen LogP contribution in [0.25, 0.3) is 11.3 Å². The van der Waals surface area contributed by atoms with Gasteiger partial charge in [-0.25, -0.2) is 0 Å². The Morgan fingerprint density at radius 3 is 2.48 bits per heavy atom. The van der Waals surface area contributed by atoms with Crippen LogP contribution in [0.15, 0.2) is 30.5 Å². The zero-order valence-electron chi connectivity index (χ0n) is 10.5. The molecule has 0 radical (unpaired) electrons. The molecule has 1 N–H and O–H groups in total. The first-order chi connectivity index (χ1) is 9.60. The Balaban J connectivity index is 2.51. The molecule has 5 nitrogen and oxygen atoms in total. The zero-order chi connectivity index (χ0) is 15.8. The molecule has 0 aliphatic rings. The summed E-state index contributed by atoms with van der Waals surface area (Å²) in [6, 6.07) is 5.28. The fraction of sp³-hybridized carbons (Fsp3) is 0.182. The SMILES string of the molecule is Cn1ccc(-c2cc(Cl)ccc2NS(=O)(=O)C(F)(F)F)n1. The third-order valence-electron chi connectivity index (χ3n) is 2.52. The Labute approximate surface area is 123 Å². The number of benzene rings is 1. The molecule has 1 aromatic heterocycles. The van der Waals surface area contributed by atoms with Gasteiger partial charge < -0.3 is 0 Å². The molecule has 0 saturated carbocycles. The van der Waals surface area contributed by atoms with Gasteiger partial charge in [-0.2, -0.15) is 26.7 Å². The van der Waals surface area contributed by atoms with Crippen LogP contribution in [0.3, 0.4) is 0 Å². The van der Waals surface area contributed by atoms with Crippen LogP contribution in [0, 0.1) is 0 Å². The van der Waals surface area contributed by atoms with Crippen molar-refractivity contribution in [2.75, 3.05) is 4.72 Å². The van der Waals surface area contributed by atoms with Crippen LogP contribution in [0.2, 0.25) is 5.02 Å². The van der Waals surface area contributed by atoms with E-state index in [4.69, 9.17) is 11.6 Å². The van der Waals surface area contributed by atoms with Gasteiger partial charge in [0.15, 0.2) is 0 Å². The highest BCUT2D eigenvalue weighted by Crippen LogP contribution is 2.33. The van der Waals surface area contributed by atoms with Crippen molar-refractivity contribution in [1.82, 2.24) is 9.78 Å². The number of anilines is 1. The van der Waals surface area contributed by atoms with Gasteiger partial charge in [-0.15, -0.1) is 0 Å². The molecule has 0 unspecified atom stereocenters. The maximum absolute atomic E-state index is 12.4. The van der Waals surface area contributed by atoms with Crippen LogP contribution in [0.5, 0.6) is 0 Å². The van der Waals surface area contributed by atoms with Gasteiger partial charge >= 0.3 is 15.5 Å². The summed E-state index contributed by atoms with van der Waals surface area (Å²) in [6.45, 7) is 0. The van der Waals surface area contributed by atoms with Crippen molar-refractivity contribution in [1.29, 1.82) is 0 Å². The van der Waals surface area contributed by atoms with E-state index in [1.807, 2.05) is 0 Å². The quantitative estimate of drug-likeness (QED) is 0.935. The highest BCUT2D eigenvalue weighted by molar-refractivity contribution is 7.93. The third-order valence-corrected chi connectivity index (χ3v) is 3.85. The van der Waals surface area contributed by atoms with E-state index < -0.39 is 15.5 Å². The lowest BCUT2D eigenvalue weighted by molar-refractivity contribution is -0.0429. The predicted octanol–water partition coefficient (Wildman–Crippen LogP) is 3.00. The van der Waals surface area contributed by atoms with Crippen molar-refractivity contribution in [2.45, 2.75) is 5.51 Å². The normalized spacial score (nSPS) is 12.4. The summed E-state index contributed by atoms with van der Waals surface area (Å²) >= 11 is 5.80. The number of halogens is 4. The Kier molecular flexibility index (Phi) is 3.89. The number of hydrogen-bond acceptors (Lipinski definition) is 3. The van der Waals surface area contributed by atoms with E-state index in [1.165, 1.54) is 27.6 Å². The first-order valence-corrected chi connectivity index (χ1v) is 7.35. The Hall–Kier alpha value is -1.74. The number of alkyl halides is 3. The number of aryl methyl sites for hydroxylation is 1. The summed E-state index contributed by atoms with van der Waals surface area (Å²) in [5, 5.41) is 4.26. The van der Waals surface area contributed by atoms with Crippen molar-refractivity contribution in [3.63, 3.8) is 0 Å². The second kappa shape index (κ2) is 5.23. The largest absolute Gasteiger partial charge is 0.516 e. The molecule has 2 rings (SSSR count). The molecule has 1 heterocycles. The minimum atomic E-state index is -5.51. The standard InChI is InChI=1S/C11H9ClF3N3O2S/c1-18-5-4-9(16-18)8-6-7(12)2-3-10(8)17-21(19,20)11(13,14)15/h2-6,17H,1H3. The molecule has 0 fully saturated rings. The molecule has 2 aromatic rings. The topological polar surface area (TPSA) is 64.0 Å². The first-order valence-electron chi connectivity index (χ1n) is 5.49. The average Bonchev–Trinajstić information content (AvgIpc) is 2.76. The lowest BCUT2D eigenvalue weighted by Crippen LogP contribution is -2.30.